The normalized spacial score (nSPS) is 19.2. The van der Waals surface area contributed by atoms with Crippen molar-refractivity contribution < 1.29 is 4.74 Å². The average Bonchev–Trinajstić information content (AvgIpc) is 3.29. The summed E-state index contributed by atoms with van der Waals surface area (Å²) in [7, 11) is 0. The topological polar surface area (TPSA) is 70.2 Å². The maximum atomic E-state index is 6.24. The molecule has 0 unspecified atom stereocenters. The summed E-state index contributed by atoms with van der Waals surface area (Å²) in [5.74, 6) is 0.635. The number of anilines is 1. The summed E-state index contributed by atoms with van der Waals surface area (Å²) >= 11 is 1.68. The molecule has 3 heterocycles. The van der Waals surface area contributed by atoms with Crippen molar-refractivity contribution in [2.45, 2.75) is 13.1 Å². The van der Waals surface area contributed by atoms with E-state index in [2.05, 4.69) is 48.9 Å². The SMILES string of the molecule is NC(=NCc1ccc(CN2CCOCC2)cc1)N1CCN(c2nccs2)CC1. The summed E-state index contributed by atoms with van der Waals surface area (Å²) in [5, 5.41) is 3.11. The number of nitrogens with two attached hydrogens (primary N) is 1. The van der Waals surface area contributed by atoms with Crippen LogP contribution in [-0.2, 0) is 17.8 Å². The first kappa shape index (κ1) is 19.2. The number of rotatable bonds is 5. The molecule has 0 amide bonds. The first-order chi connectivity index (χ1) is 13.8. The van der Waals surface area contributed by atoms with E-state index in [1.165, 1.54) is 11.1 Å². The molecule has 2 fully saturated rings. The monoisotopic (exact) mass is 400 g/mol. The van der Waals surface area contributed by atoms with Crippen LogP contribution in [0.25, 0.3) is 0 Å². The fraction of sp³-hybridized carbons (Fsp3) is 0.500. The molecule has 2 aliphatic rings. The van der Waals surface area contributed by atoms with E-state index in [1.54, 1.807) is 11.3 Å². The van der Waals surface area contributed by atoms with Gasteiger partial charge in [-0.05, 0) is 11.1 Å². The number of piperazine rings is 1. The van der Waals surface area contributed by atoms with Crippen molar-refractivity contribution in [1.29, 1.82) is 0 Å². The Morgan fingerprint density at radius 3 is 2.43 bits per heavy atom. The third-order valence-electron chi connectivity index (χ3n) is 5.25. The van der Waals surface area contributed by atoms with Crippen molar-refractivity contribution in [2.24, 2.45) is 10.7 Å². The zero-order chi connectivity index (χ0) is 19.2. The number of hydrogen-bond acceptors (Lipinski definition) is 6. The number of aromatic nitrogens is 1. The fourth-order valence-corrected chi connectivity index (χ4v) is 4.24. The minimum Gasteiger partial charge on any atom is -0.379 e. The van der Waals surface area contributed by atoms with E-state index < -0.39 is 0 Å². The number of guanidine groups is 1. The van der Waals surface area contributed by atoms with Gasteiger partial charge in [0.05, 0.1) is 19.8 Å². The second-order valence-corrected chi connectivity index (χ2v) is 8.04. The molecular weight excluding hydrogens is 372 g/mol. The first-order valence-corrected chi connectivity index (χ1v) is 10.7. The Morgan fingerprint density at radius 1 is 1.04 bits per heavy atom. The number of nitrogens with zero attached hydrogens (tertiary/aromatic N) is 5. The predicted molar refractivity (Wildman–Crippen MR) is 114 cm³/mol. The van der Waals surface area contributed by atoms with Crippen LogP contribution < -0.4 is 10.6 Å². The lowest BCUT2D eigenvalue weighted by atomic mass is 10.1. The van der Waals surface area contributed by atoms with Gasteiger partial charge in [-0.3, -0.25) is 4.90 Å². The lowest BCUT2D eigenvalue weighted by molar-refractivity contribution is 0.0342. The molecule has 0 aliphatic carbocycles. The number of ether oxygens (including phenoxy) is 1. The van der Waals surface area contributed by atoms with Crippen LogP contribution in [0.2, 0.25) is 0 Å². The summed E-state index contributed by atoms with van der Waals surface area (Å²) in [5.41, 5.74) is 8.76. The van der Waals surface area contributed by atoms with Gasteiger partial charge in [-0.15, -0.1) is 11.3 Å². The number of aliphatic imine (C=N–C) groups is 1. The van der Waals surface area contributed by atoms with Crippen molar-refractivity contribution in [3.05, 3.63) is 47.0 Å². The molecular formula is C20H28N6OS. The Balaban J connectivity index is 1.25. The van der Waals surface area contributed by atoms with Crippen molar-refractivity contribution in [3.63, 3.8) is 0 Å². The number of morpholine rings is 1. The molecule has 1 aromatic heterocycles. The Bertz CT molecular complexity index is 750. The second kappa shape index (κ2) is 9.36. The van der Waals surface area contributed by atoms with E-state index in [9.17, 15) is 0 Å². The largest absolute Gasteiger partial charge is 0.379 e. The molecule has 8 heteroatoms. The van der Waals surface area contributed by atoms with Crippen molar-refractivity contribution in [3.8, 4) is 0 Å². The van der Waals surface area contributed by atoms with Crippen molar-refractivity contribution >= 4 is 22.4 Å². The van der Waals surface area contributed by atoms with Crippen LogP contribution in [0.15, 0.2) is 40.8 Å². The summed E-state index contributed by atoms with van der Waals surface area (Å²) in [6.45, 7) is 8.93. The minimum atomic E-state index is 0.621. The van der Waals surface area contributed by atoms with E-state index in [4.69, 9.17) is 10.5 Å². The van der Waals surface area contributed by atoms with Gasteiger partial charge in [0, 0.05) is 57.4 Å². The van der Waals surface area contributed by atoms with Gasteiger partial charge in [-0.25, -0.2) is 9.98 Å². The third kappa shape index (κ3) is 5.01. The molecule has 1 aromatic carbocycles. The maximum absolute atomic E-state index is 6.24. The van der Waals surface area contributed by atoms with Crippen LogP contribution in [0.4, 0.5) is 5.13 Å². The highest BCUT2D eigenvalue weighted by atomic mass is 32.1. The summed E-state index contributed by atoms with van der Waals surface area (Å²) in [4.78, 5) is 15.9. The van der Waals surface area contributed by atoms with Crippen LogP contribution in [0.3, 0.4) is 0 Å². The van der Waals surface area contributed by atoms with Crippen molar-refractivity contribution in [1.82, 2.24) is 14.8 Å². The van der Waals surface area contributed by atoms with E-state index in [0.29, 0.717) is 12.5 Å². The van der Waals surface area contributed by atoms with E-state index in [0.717, 1.165) is 64.2 Å². The first-order valence-electron chi connectivity index (χ1n) is 9.85. The van der Waals surface area contributed by atoms with Gasteiger partial charge >= 0.3 is 0 Å². The zero-order valence-corrected chi connectivity index (χ0v) is 17.0. The van der Waals surface area contributed by atoms with Gasteiger partial charge in [-0.1, -0.05) is 24.3 Å². The molecule has 2 aromatic rings. The van der Waals surface area contributed by atoms with Crippen LogP contribution in [0, 0.1) is 0 Å². The molecule has 150 valence electrons. The van der Waals surface area contributed by atoms with Crippen molar-refractivity contribution in [2.75, 3.05) is 57.4 Å². The van der Waals surface area contributed by atoms with Crippen LogP contribution in [0.1, 0.15) is 11.1 Å². The fourth-order valence-electron chi connectivity index (χ4n) is 3.54. The molecule has 4 rings (SSSR count). The van der Waals surface area contributed by atoms with E-state index in [1.807, 2.05) is 11.6 Å². The van der Waals surface area contributed by atoms with E-state index >= 15 is 0 Å². The van der Waals surface area contributed by atoms with Crippen LogP contribution in [-0.4, -0.2) is 73.2 Å². The Hall–Kier alpha value is -2.16. The molecule has 2 aliphatic heterocycles. The summed E-state index contributed by atoms with van der Waals surface area (Å²) in [6.07, 6.45) is 1.86. The number of benzene rings is 1. The molecule has 0 saturated carbocycles. The smallest absolute Gasteiger partial charge is 0.191 e. The van der Waals surface area contributed by atoms with Gasteiger partial charge in [0.15, 0.2) is 11.1 Å². The lowest BCUT2D eigenvalue weighted by Crippen LogP contribution is -2.51. The molecule has 28 heavy (non-hydrogen) atoms. The lowest BCUT2D eigenvalue weighted by Gasteiger charge is -2.35. The maximum Gasteiger partial charge on any atom is 0.191 e. The van der Waals surface area contributed by atoms with Gasteiger partial charge < -0.3 is 20.3 Å². The van der Waals surface area contributed by atoms with Gasteiger partial charge in [0.1, 0.15) is 0 Å². The molecule has 2 saturated heterocycles. The molecule has 7 nitrogen and oxygen atoms in total. The number of hydrogen-bond donors (Lipinski definition) is 1. The quantitative estimate of drug-likeness (QED) is 0.607. The predicted octanol–water partition coefficient (Wildman–Crippen LogP) is 1.61. The van der Waals surface area contributed by atoms with Gasteiger partial charge in [0.2, 0.25) is 0 Å². The van der Waals surface area contributed by atoms with Crippen LogP contribution in [0.5, 0.6) is 0 Å². The minimum absolute atomic E-state index is 0.621. The molecule has 0 spiro atoms. The molecule has 2 N–H and O–H groups in total. The Labute approximate surface area is 170 Å². The molecule has 0 radical (unpaired) electrons. The third-order valence-corrected chi connectivity index (χ3v) is 6.08. The summed E-state index contributed by atoms with van der Waals surface area (Å²) in [6, 6.07) is 8.71. The standard InChI is InChI=1S/C20H28N6OS/c21-19(25-6-8-26(9-7-25)20-22-5-14-28-20)23-15-17-1-3-18(4-2-17)16-24-10-12-27-13-11-24/h1-5,14H,6-13,15-16H2,(H2,21,23). The number of thiazole rings is 1. The Kier molecular flexibility index (Phi) is 6.41. The van der Waals surface area contributed by atoms with E-state index in [-0.39, 0.29) is 0 Å². The van der Waals surface area contributed by atoms with Gasteiger partial charge in [-0.2, -0.15) is 0 Å². The average molecular weight is 401 g/mol. The zero-order valence-electron chi connectivity index (χ0n) is 16.2. The Morgan fingerprint density at radius 2 is 1.75 bits per heavy atom. The highest BCUT2D eigenvalue weighted by Crippen LogP contribution is 2.18. The molecule has 0 bridgehead atoms. The highest BCUT2D eigenvalue weighted by Gasteiger charge is 2.19. The van der Waals surface area contributed by atoms with Crippen LogP contribution >= 0.6 is 11.3 Å². The van der Waals surface area contributed by atoms with Gasteiger partial charge in [0.25, 0.3) is 0 Å². The second-order valence-electron chi connectivity index (χ2n) is 7.17. The summed E-state index contributed by atoms with van der Waals surface area (Å²) < 4.78 is 5.41. The molecule has 0 atom stereocenters. The highest BCUT2D eigenvalue weighted by molar-refractivity contribution is 7.13.